The van der Waals surface area contributed by atoms with Crippen molar-refractivity contribution in [2.45, 2.75) is 57.7 Å². The zero-order chi connectivity index (χ0) is 29.2. The van der Waals surface area contributed by atoms with Crippen LogP contribution >= 0.6 is 0 Å². The Morgan fingerprint density at radius 3 is 2.51 bits per heavy atom. The molecule has 1 unspecified atom stereocenters. The Morgan fingerprint density at radius 2 is 1.78 bits per heavy atom. The molecule has 4 N–H and O–H groups in total. The highest BCUT2D eigenvalue weighted by Gasteiger charge is 2.39. The number of nitrogens with one attached hydrogen (secondary N) is 3. The molecule has 0 aromatic heterocycles. The van der Waals surface area contributed by atoms with Crippen molar-refractivity contribution in [3.8, 4) is 5.75 Å². The largest absolute Gasteiger partial charge is 0.489 e. The first-order valence-electron chi connectivity index (χ1n) is 14.4. The lowest BCUT2D eigenvalue weighted by molar-refractivity contribution is -0.149. The van der Waals surface area contributed by atoms with E-state index in [1.54, 1.807) is 23.1 Å². The van der Waals surface area contributed by atoms with Crippen molar-refractivity contribution in [3.05, 3.63) is 65.7 Å². The third-order valence-electron chi connectivity index (χ3n) is 7.88. The third-order valence-corrected chi connectivity index (χ3v) is 7.88. The quantitative estimate of drug-likeness (QED) is 0.308. The number of nitrogens with zero attached hydrogens (tertiary/aromatic N) is 1. The minimum Gasteiger partial charge on any atom is -0.489 e. The van der Waals surface area contributed by atoms with Gasteiger partial charge in [-0.3, -0.25) is 14.4 Å². The zero-order valence-corrected chi connectivity index (χ0v) is 23.6. The van der Waals surface area contributed by atoms with Gasteiger partial charge in [-0.2, -0.15) is 0 Å². The highest BCUT2D eigenvalue weighted by Crippen LogP contribution is 2.22. The molecule has 3 amide bonds. The number of carboxylic acids is 1. The van der Waals surface area contributed by atoms with Gasteiger partial charge in [-0.1, -0.05) is 36.4 Å². The number of rotatable bonds is 11. The number of carboxylic acid groups (broad SMARTS) is 1. The summed E-state index contributed by atoms with van der Waals surface area (Å²) < 4.78 is 5.78. The van der Waals surface area contributed by atoms with E-state index in [1.165, 1.54) is 13.0 Å². The average Bonchev–Trinajstić information content (AvgIpc) is 3.00. The molecule has 41 heavy (non-hydrogen) atoms. The average molecular weight is 565 g/mol. The molecule has 0 aliphatic carbocycles. The lowest BCUT2D eigenvalue weighted by Crippen LogP contribution is -2.65. The van der Waals surface area contributed by atoms with Gasteiger partial charge in [0, 0.05) is 25.1 Å². The highest BCUT2D eigenvalue weighted by atomic mass is 16.5. The lowest BCUT2D eigenvalue weighted by atomic mass is 9.92. The van der Waals surface area contributed by atoms with Crippen molar-refractivity contribution < 1.29 is 29.0 Å². The van der Waals surface area contributed by atoms with E-state index < -0.39 is 29.4 Å². The number of benzene rings is 2. The van der Waals surface area contributed by atoms with Crippen LogP contribution in [0, 0.1) is 11.8 Å². The van der Waals surface area contributed by atoms with Crippen LogP contribution in [-0.4, -0.2) is 65.5 Å². The fourth-order valence-corrected chi connectivity index (χ4v) is 5.33. The topological polar surface area (TPSA) is 137 Å². The molecule has 2 atom stereocenters. The summed E-state index contributed by atoms with van der Waals surface area (Å²) in [4.78, 5) is 53.1. The van der Waals surface area contributed by atoms with Crippen LogP contribution in [0.4, 0.5) is 0 Å². The molecule has 2 aliphatic rings. The Kier molecular flexibility index (Phi) is 10.3. The number of hydrogen-bond acceptors (Lipinski definition) is 6. The molecule has 2 aromatic rings. The Balaban J connectivity index is 1.32. The normalized spacial score (nSPS) is 19.0. The molecule has 2 fully saturated rings. The molecule has 4 rings (SSSR count). The summed E-state index contributed by atoms with van der Waals surface area (Å²) in [6.45, 7) is 4.35. The summed E-state index contributed by atoms with van der Waals surface area (Å²) in [6, 6.07) is 16.0. The summed E-state index contributed by atoms with van der Waals surface area (Å²) in [5, 5.41) is 18.3. The third kappa shape index (κ3) is 8.53. The number of hydrogen-bond donors (Lipinski definition) is 4. The Morgan fingerprint density at radius 1 is 1.02 bits per heavy atom. The zero-order valence-electron chi connectivity index (χ0n) is 23.6. The number of aliphatic carboxylic acids is 1. The van der Waals surface area contributed by atoms with Gasteiger partial charge in [0.1, 0.15) is 12.4 Å². The molecule has 2 aliphatic heterocycles. The van der Waals surface area contributed by atoms with Gasteiger partial charge < -0.3 is 30.7 Å². The summed E-state index contributed by atoms with van der Waals surface area (Å²) >= 11 is 0. The van der Waals surface area contributed by atoms with Gasteiger partial charge in [-0.25, -0.2) is 4.79 Å². The molecular formula is C31H40N4O6. The van der Waals surface area contributed by atoms with Crippen molar-refractivity contribution in [2.24, 2.45) is 11.8 Å². The van der Waals surface area contributed by atoms with E-state index in [2.05, 4.69) is 16.0 Å². The first-order chi connectivity index (χ1) is 19.7. The van der Waals surface area contributed by atoms with Gasteiger partial charge in [-0.05, 0) is 81.8 Å². The number of ether oxygens (including phenoxy) is 1. The van der Waals surface area contributed by atoms with E-state index in [0.717, 1.165) is 37.9 Å². The molecule has 2 aromatic carbocycles. The van der Waals surface area contributed by atoms with E-state index in [4.69, 9.17) is 4.74 Å². The summed E-state index contributed by atoms with van der Waals surface area (Å²) in [5.41, 5.74) is -0.884. The summed E-state index contributed by atoms with van der Waals surface area (Å²) in [7, 11) is 0. The van der Waals surface area contributed by atoms with Crippen LogP contribution in [0.3, 0.4) is 0 Å². The second-order valence-corrected chi connectivity index (χ2v) is 11.1. The maximum absolute atomic E-state index is 13.2. The second-order valence-electron chi connectivity index (χ2n) is 11.1. The minimum atomic E-state index is -2.05. The number of piperidine rings is 2. The molecule has 0 radical (unpaired) electrons. The van der Waals surface area contributed by atoms with Gasteiger partial charge in [0.25, 0.3) is 5.91 Å². The molecule has 2 saturated heterocycles. The lowest BCUT2D eigenvalue weighted by Gasteiger charge is -2.35. The first kappa shape index (κ1) is 30.0. The van der Waals surface area contributed by atoms with E-state index in [9.17, 15) is 24.3 Å². The van der Waals surface area contributed by atoms with Crippen LogP contribution in [0.1, 0.15) is 61.4 Å². The van der Waals surface area contributed by atoms with Crippen LogP contribution in [0.2, 0.25) is 0 Å². The summed E-state index contributed by atoms with van der Waals surface area (Å²) in [6.07, 6.45) is 4.63. The smallest absolute Gasteiger partial charge is 0.350 e. The minimum absolute atomic E-state index is 0.0321. The van der Waals surface area contributed by atoms with Crippen molar-refractivity contribution in [1.82, 2.24) is 20.9 Å². The van der Waals surface area contributed by atoms with E-state index in [-0.39, 0.29) is 18.0 Å². The molecule has 0 saturated carbocycles. The fraction of sp³-hybridized carbons (Fsp3) is 0.484. The van der Waals surface area contributed by atoms with Crippen molar-refractivity contribution in [3.63, 3.8) is 0 Å². The van der Waals surface area contributed by atoms with Gasteiger partial charge >= 0.3 is 5.97 Å². The van der Waals surface area contributed by atoms with E-state index in [0.29, 0.717) is 44.1 Å². The molecule has 10 nitrogen and oxygen atoms in total. The Bertz CT molecular complexity index is 1220. The number of likely N-dealkylation sites (tertiary alicyclic amines) is 1. The predicted octanol–water partition coefficient (Wildman–Crippen LogP) is 2.93. The van der Waals surface area contributed by atoms with Crippen LogP contribution in [0.5, 0.6) is 5.75 Å². The molecule has 0 spiro atoms. The Labute approximate surface area is 240 Å². The maximum atomic E-state index is 13.2. The molecule has 10 heteroatoms. The van der Waals surface area contributed by atoms with Crippen molar-refractivity contribution in [2.75, 3.05) is 26.2 Å². The van der Waals surface area contributed by atoms with Crippen LogP contribution in [-0.2, 0) is 21.0 Å². The molecule has 0 bridgehead atoms. The predicted molar refractivity (Wildman–Crippen MR) is 153 cm³/mol. The first-order valence-corrected chi connectivity index (χ1v) is 14.4. The fourth-order valence-electron chi connectivity index (χ4n) is 5.33. The van der Waals surface area contributed by atoms with Gasteiger partial charge in [0.2, 0.25) is 17.5 Å². The maximum Gasteiger partial charge on any atom is 0.350 e. The number of carbonyl (C=O) groups excluding carboxylic acids is 3. The van der Waals surface area contributed by atoms with Gasteiger partial charge in [0.15, 0.2) is 0 Å². The molecule has 220 valence electrons. The number of carbonyl (C=O) groups is 4. The van der Waals surface area contributed by atoms with Crippen LogP contribution < -0.4 is 20.7 Å². The van der Waals surface area contributed by atoms with Crippen LogP contribution in [0.25, 0.3) is 0 Å². The van der Waals surface area contributed by atoms with E-state index >= 15 is 0 Å². The molecule has 2 heterocycles. The van der Waals surface area contributed by atoms with Gasteiger partial charge in [-0.15, -0.1) is 0 Å². The van der Waals surface area contributed by atoms with E-state index in [1.807, 2.05) is 30.3 Å². The van der Waals surface area contributed by atoms with Crippen molar-refractivity contribution >= 4 is 23.7 Å². The number of amides is 3. The summed E-state index contributed by atoms with van der Waals surface area (Å²) in [5.74, 6) is -2.11. The second kappa shape index (κ2) is 14.1. The monoisotopic (exact) mass is 564 g/mol. The SMILES string of the molecule is C[C@](NC(=O)c1cccc(OCc2ccccc2)c1)(NC(=O)C1CCCN(C(=O)CCC2CCNCC2)C1)C(=O)O. The van der Waals surface area contributed by atoms with Crippen LogP contribution in [0.15, 0.2) is 54.6 Å². The van der Waals surface area contributed by atoms with Crippen molar-refractivity contribution in [1.29, 1.82) is 0 Å². The standard InChI is InChI=1S/C31H40N4O6/c1-31(30(39)40,33-28(37)24-9-5-11-26(19-24)41-21-23-7-3-2-4-8-23)34-29(38)25-10-6-18-35(20-25)27(36)13-12-22-14-16-32-17-15-22/h2-5,7-9,11,19,22,25,32H,6,10,12-18,20-21H2,1H3,(H,33,37)(H,34,38)(H,39,40)/t25?,31-/m0/s1. The molecular weight excluding hydrogens is 524 g/mol. The van der Waals surface area contributed by atoms with Gasteiger partial charge in [0.05, 0.1) is 5.92 Å². The Hall–Kier alpha value is -3.92. The highest BCUT2D eigenvalue weighted by molar-refractivity contribution is 5.99.